The van der Waals surface area contributed by atoms with Gasteiger partial charge in [-0.25, -0.2) is 9.78 Å². The number of carboxylic acid groups (broad SMARTS) is 1. The molecule has 4 heteroatoms. The maximum Gasteiger partial charge on any atom is 0.356 e. The van der Waals surface area contributed by atoms with Crippen molar-refractivity contribution in [2.45, 2.75) is 51.5 Å². The molecule has 0 aromatic carbocycles. The van der Waals surface area contributed by atoms with Crippen molar-refractivity contribution >= 4 is 5.97 Å². The Balaban J connectivity index is 2.37. The fraction of sp³-hybridized carbons (Fsp3) is 0.667. The average Bonchev–Trinajstić information content (AvgIpc) is 2.86. The van der Waals surface area contributed by atoms with Gasteiger partial charge in [-0.2, -0.15) is 0 Å². The van der Waals surface area contributed by atoms with Crippen molar-refractivity contribution in [3.05, 3.63) is 17.7 Å². The van der Waals surface area contributed by atoms with E-state index in [1.165, 1.54) is 12.8 Å². The van der Waals surface area contributed by atoms with E-state index < -0.39 is 5.97 Å². The van der Waals surface area contributed by atoms with Gasteiger partial charge in [0.05, 0.1) is 0 Å². The Bertz CT molecular complexity index is 390. The fourth-order valence-electron chi connectivity index (χ4n) is 2.41. The summed E-state index contributed by atoms with van der Waals surface area (Å²) in [6.07, 6.45) is 6.42. The molecule has 0 spiro atoms. The zero-order valence-corrected chi connectivity index (χ0v) is 9.81. The fourth-order valence-corrected chi connectivity index (χ4v) is 2.41. The number of hydrogen-bond acceptors (Lipinski definition) is 2. The third-order valence-electron chi connectivity index (χ3n) is 3.26. The van der Waals surface area contributed by atoms with Gasteiger partial charge in [0, 0.05) is 18.2 Å². The highest BCUT2D eigenvalue weighted by molar-refractivity contribution is 5.85. The maximum absolute atomic E-state index is 10.9. The summed E-state index contributed by atoms with van der Waals surface area (Å²) in [7, 11) is 0. The maximum atomic E-state index is 10.9. The normalized spacial score (nSPS) is 17.2. The van der Waals surface area contributed by atoms with Crippen LogP contribution in [0.5, 0.6) is 0 Å². The van der Waals surface area contributed by atoms with Crippen LogP contribution in [0.4, 0.5) is 0 Å². The molecule has 1 aromatic heterocycles. The van der Waals surface area contributed by atoms with Crippen molar-refractivity contribution in [3.63, 3.8) is 0 Å². The van der Waals surface area contributed by atoms with Crippen molar-refractivity contribution < 1.29 is 9.90 Å². The van der Waals surface area contributed by atoms with E-state index in [9.17, 15) is 4.79 Å². The van der Waals surface area contributed by atoms with Gasteiger partial charge in [0.15, 0.2) is 5.69 Å². The van der Waals surface area contributed by atoms with E-state index in [4.69, 9.17) is 5.11 Å². The summed E-state index contributed by atoms with van der Waals surface area (Å²) in [6, 6.07) is 0.274. The summed E-state index contributed by atoms with van der Waals surface area (Å²) in [6.45, 7) is 4.12. The van der Waals surface area contributed by atoms with E-state index in [1.807, 2.05) is 4.57 Å². The molecule has 2 rings (SSSR count). The second-order valence-electron chi connectivity index (χ2n) is 4.77. The van der Waals surface area contributed by atoms with Gasteiger partial charge in [-0.15, -0.1) is 0 Å². The standard InChI is InChI=1S/C12H18N2O2/c1-8(2)14-7-10(12(15)16)13-11(14)9-5-3-4-6-9/h7-9H,3-6H2,1-2H3,(H,15,16). The number of rotatable bonds is 3. The Morgan fingerprint density at radius 1 is 1.50 bits per heavy atom. The molecular formula is C12H18N2O2. The molecule has 0 unspecified atom stereocenters. The summed E-state index contributed by atoms with van der Waals surface area (Å²) in [4.78, 5) is 15.2. The third kappa shape index (κ3) is 1.96. The number of hydrogen-bond donors (Lipinski definition) is 1. The van der Waals surface area contributed by atoms with Gasteiger partial charge in [-0.1, -0.05) is 12.8 Å². The Morgan fingerprint density at radius 2 is 2.12 bits per heavy atom. The molecule has 0 bridgehead atoms. The molecule has 88 valence electrons. The first kappa shape index (κ1) is 11.2. The summed E-state index contributed by atoms with van der Waals surface area (Å²) >= 11 is 0. The minimum Gasteiger partial charge on any atom is -0.476 e. The first-order valence-electron chi connectivity index (χ1n) is 5.91. The topological polar surface area (TPSA) is 55.1 Å². The average molecular weight is 222 g/mol. The number of aromatic nitrogens is 2. The molecule has 1 aliphatic carbocycles. The van der Waals surface area contributed by atoms with E-state index in [1.54, 1.807) is 6.20 Å². The van der Waals surface area contributed by atoms with Crippen molar-refractivity contribution in [1.29, 1.82) is 0 Å². The first-order chi connectivity index (χ1) is 7.59. The van der Waals surface area contributed by atoms with E-state index in [0.29, 0.717) is 5.92 Å². The van der Waals surface area contributed by atoms with Crippen LogP contribution in [-0.2, 0) is 0 Å². The molecule has 4 nitrogen and oxygen atoms in total. The highest BCUT2D eigenvalue weighted by Crippen LogP contribution is 2.34. The second-order valence-corrected chi connectivity index (χ2v) is 4.77. The molecule has 1 aliphatic rings. The highest BCUT2D eigenvalue weighted by atomic mass is 16.4. The van der Waals surface area contributed by atoms with Crippen molar-refractivity contribution in [2.75, 3.05) is 0 Å². The minimum atomic E-state index is -0.932. The summed E-state index contributed by atoms with van der Waals surface area (Å²) in [5, 5.41) is 8.97. The molecule has 1 saturated carbocycles. The summed E-state index contributed by atoms with van der Waals surface area (Å²) in [5.41, 5.74) is 0.176. The molecule has 0 amide bonds. The first-order valence-corrected chi connectivity index (χ1v) is 5.91. The van der Waals surface area contributed by atoms with E-state index in [-0.39, 0.29) is 11.7 Å². The number of carbonyl (C=O) groups is 1. The van der Waals surface area contributed by atoms with Crippen LogP contribution < -0.4 is 0 Å². The molecule has 1 N–H and O–H groups in total. The Morgan fingerprint density at radius 3 is 2.62 bits per heavy atom. The zero-order valence-electron chi connectivity index (χ0n) is 9.81. The van der Waals surface area contributed by atoms with Crippen molar-refractivity contribution in [2.24, 2.45) is 0 Å². The van der Waals surface area contributed by atoms with Crippen molar-refractivity contribution in [3.8, 4) is 0 Å². The van der Waals surface area contributed by atoms with Crippen LogP contribution in [0.25, 0.3) is 0 Å². The lowest BCUT2D eigenvalue weighted by Gasteiger charge is -2.15. The largest absolute Gasteiger partial charge is 0.476 e. The van der Waals surface area contributed by atoms with Gasteiger partial charge in [-0.05, 0) is 26.7 Å². The van der Waals surface area contributed by atoms with Gasteiger partial charge >= 0.3 is 5.97 Å². The Hall–Kier alpha value is -1.32. The Kier molecular flexibility index (Phi) is 2.99. The van der Waals surface area contributed by atoms with Crippen LogP contribution in [0.2, 0.25) is 0 Å². The second kappa shape index (κ2) is 4.28. The van der Waals surface area contributed by atoms with E-state index >= 15 is 0 Å². The van der Waals surface area contributed by atoms with Crippen molar-refractivity contribution in [1.82, 2.24) is 9.55 Å². The molecule has 0 aliphatic heterocycles. The summed E-state index contributed by atoms with van der Waals surface area (Å²) < 4.78 is 2.01. The van der Waals surface area contributed by atoms with Crippen LogP contribution in [-0.4, -0.2) is 20.6 Å². The highest BCUT2D eigenvalue weighted by Gasteiger charge is 2.24. The number of aromatic carboxylic acids is 1. The molecule has 0 saturated heterocycles. The molecule has 1 heterocycles. The number of nitrogens with zero attached hydrogens (tertiary/aromatic N) is 2. The van der Waals surface area contributed by atoms with Gasteiger partial charge in [0.1, 0.15) is 5.82 Å². The van der Waals surface area contributed by atoms with Crippen LogP contribution >= 0.6 is 0 Å². The predicted octanol–water partition coefficient (Wildman–Crippen LogP) is 2.82. The zero-order chi connectivity index (χ0) is 11.7. The lowest BCUT2D eigenvalue weighted by molar-refractivity contribution is 0.0691. The minimum absolute atomic E-state index is 0.176. The molecule has 16 heavy (non-hydrogen) atoms. The number of imidazole rings is 1. The van der Waals surface area contributed by atoms with Crippen LogP contribution in [0.3, 0.4) is 0 Å². The van der Waals surface area contributed by atoms with Gasteiger partial charge in [0.2, 0.25) is 0 Å². The van der Waals surface area contributed by atoms with Crippen LogP contribution in [0, 0.1) is 0 Å². The van der Waals surface area contributed by atoms with Crippen LogP contribution in [0.15, 0.2) is 6.20 Å². The Labute approximate surface area is 95.3 Å². The lowest BCUT2D eigenvalue weighted by atomic mass is 10.1. The van der Waals surface area contributed by atoms with Gasteiger partial charge in [-0.3, -0.25) is 0 Å². The van der Waals surface area contributed by atoms with Gasteiger partial charge < -0.3 is 9.67 Å². The molecule has 0 radical (unpaired) electrons. The molecule has 1 fully saturated rings. The van der Waals surface area contributed by atoms with Gasteiger partial charge in [0.25, 0.3) is 0 Å². The monoisotopic (exact) mass is 222 g/mol. The summed E-state index contributed by atoms with van der Waals surface area (Å²) in [5.74, 6) is 0.485. The third-order valence-corrected chi connectivity index (χ3v) is 3.26. The SMILES string of the molecule is CC(C)n1cc(C(=O)O)nc1C1CCCC1. The quantitative estimate of drug-likeness (QED) is 0.855. The lowest BCUT2D eigenvalue weighted by Crippen LogP contribution is -2.08. The molecule has 0 atom stereocenters. The van der Waals surface area contributed by atoms with E-state index in [0.717, 1.165) is 18.7 Å². The predicted molar refractivity (Wildman–Crippen MR) is 60.8 cm³/mol. The van der Waals surface area contributed by atoms with Crippen LogP contribution in [0.1, 0.15) is 67.8 Å². The smallest absolute Gasteiger partial charge is 0.356 e. The molecular weight excluding hydrogens is 204 g/mol. The molecule has 1 aromatic rings. The van der Waals surface area contributed by atoms with E-state index in [2.05, 4.69) is 18.8 Å². The number of carboxylic acids is 1.